The molecular weight excluding hydrogens is 566 g/mol. The minimum atomic E-state index is -0.596. The van der Waals surface area contributed by atoms with Gasteiger partial charge in [-0.3, -0.25) is 14.4 Å². The van der Waals surface area contributed by atoms with Gasteiger partial charge in [0.05, 0.1) is 0 Å². The van der Waals surface area contributed by atoms with Crippen LogP contribution in [-0.2, 0) is 19.3 Å². The van der Waals surface area contributed by atoms with E-state index in [4.69, 9.17) is 0 Å². The molecule has 0 spiro atoms. The molecule has 0 heterocycles. The van der Waals surface area contributed by atoms with Gasteiger partial charge in [-0.25, -0.2) is 4.90 Å². The van der Waals surface area contributed by atoms with Gasteiger partial charge in [0.15, 0.2) is 0 Å². The number of imide groups is 3. The molecular formula is C42H27NO3. The summed E-state index contributed by atoms with van der Waals surface area (Å²) in [7, 11) is 0. The van der Waals surface area contributed by atoms with Crippen LogP contribution in [0, 0.1) is 0 Å². The lowest BCUT2D eigenvalue weighted by atomic mass is 9.96. The van der Waals surface area contributed by atoms with Gasteiger partial charge in [0.2, 0.25) is 0 Å². The van der Waals surface area contributed by atoms with Crippen molar-refractivity contribution in [3.05, 3.63) is 177 Å². The number of carbonyl (C=O) groups excluding carboxylic acids is 3. The second-order valence-corrected chi connectivity index (χ2v) is 12.2. The normalized spacial score (nSPS) is 12.8. The fourth-order valence-corrected chi connectivity index (χ4v) is 7.71. The van der Waals surface area contributed by atoms with Crippen molar-refractivity contribution in [3.63, 3.8) is 0 Å². The summed E-state index contributed by atoms with van der Waals surface area (Å²) in [6.07, 6.45) is 1.70. The largest absolute Gasteiger partial charge is 0.268 e. The number of benzene rings is 6. The molecule has 4 nitrogen and oxygen atoms in total. The summed E-state index contributed by atoms with van der Waals surface area (Å²) in [5.74, 6) is -1.79. The smallest absolute Gasteiger partial charge is 0.268 e. The fourth-order valence-electron chi connectivity index (χ4n) is 7.71. The third-order valence-electron chi connectivity index (χ3n) is 9.85. The molecule has 0 saturated carbocycles. The number of fused-ring (bicyclic) bond motifs is 9. The molecule has 0 N–H and O–H groups in total. The van der Waals surface area contributed by atoms with Crippen molar-refractivity contribution in [1.82, 2.24) is 4.90 Å². The van der Waals surface area contributed by atoms with Crippen molar-refractivity contribution in [3.8, 4) is 33.4 Å². The molecule has 0 fully saturated rings. The van der Waals surface area contributed by atoms with Crippen LogP contribution in [0.5, 0.6) is 0 Å². The Bertz CT molecular complexity index is 2050. The number of carbonyl (C=O) groups is 3. The molecule has 6 aromatic rings. The standard InChI is InChI=1S/C42H27NO3/c44-40(34-19-7-16-31-28-13-4-1-10-25(28)22-37(31)34)43(41(45)35-20-8-17-32-29-14-5-2-11-26(29)23-38(32)35)42(46)36-21-9-18-33-30-15-6-3-12-27(30)24-39(33)36/h1-21H,22-24H2. The zero-order valence-electron chi connectivity index (χ0n) is 24.9. The fraction of sp³-hybridized carbons (Fsp3) is 0.0714. The minimum absolute atomic E-state index is 0.377. The minimum Gasteiger partial charge on any atom is -0.268 e. The van der Waals surface area contributed by atoms with E-state index in [1.807, 2.05) is 72.8 Å². The molecule has 46 heavy (non-hydrogen) atoms. The van der Waals surface area contributed by atoms with Crippen LogP contribution in [0.4, 0.5) is 0 Å². The van der Waals surface area contributed by atoms with E-state index < -0.39 is 17.7 Å². The number of hydrogen-bond donors (Lipinski definition) is 0. The SMILES string of the molecule is O=C(c1cccc2c1Cc1ccccc1-2)N(C(=O)c1cccc2c1Cc1ccccc1-2)C(=O)c1cccc2c1Cc1ccccc1-2. The van der Waals surface area contributed by atoms with Gasteiger partial charge < -0.3 is 0 Å². The van der Waals surface area contributed by atoms with Crippen molar-refractivity contribution < 1.29 is 14.4 Å². The van der Waals surface area contributed by atoms with Gasteiger partial charge in [-0.05, 0) is 104 Å². The van der Waals surface area contributed by atoms with Crippen LogP contribution < -0.4 is 0 Å². The van der Waals surface area contributed by atoms with Gasteiger partial charge >= 0.3 is 0 Å². The maximum Gasteiger partial charge on any atom is 0.268 e. The number of amides is 3. The van der Waals surface area contributed by atoms with Crippen molar-refractivity contribution in [2.24, 2.45) is 0 Å². The van der Waals surface area contributed by atoms with Crippen molar-refractivity contribution in [2.75, 3.05) is 0 Å². The molecule has 3 aliphatic carbocycles. The van der Waals surface area contributed by atoms with Crippen molar-refractivity contribution >= 4 is 17.7 Å². The van der Waals surface area contributed by atoms with Crippen LogP contribution in [0.3, 0.4) is 0 Å². The van der Waals surface area contributed by atoms with E-state index in [0.717, 1.165) is 71.7 Å². The second kappa shape index (κ2) is 10.1. The molecule has 6 aromatic carbocycles. The van der Waals surface area contributed by atoms with Gasteiger partial charge in [-0.2, -0.15) is 0 Å². The maximum atomic E-state index is 14.8. The maximum absolute atomic E-state index is 14.8. The summed E-state index contributed by atoms with van der Waals surface area (Å²) in [6, 6.07) is 41.1. The predicted octanol–water partition coefficient (Wildman–Crippen LogP) is 8.52. The van der Waals surface area contributed by atoms with Gasteiger partial charge in [0.25, 0.3) is 17.7 Å². The first-order chi connectivity index (χ1) is 22.6. The van der Waals surface area contributed by atoms with E-state index in [9.17, 15) is 14.4 Å². The molecule has 0 radical (unpaired) electrons. The molecule has 0 saturated heterocycles. The predicted molar refractivity (Wildman–Crippen MR) is 179 cm³/mol. The molecule has 0 aromatic heterocycles. The Balaban J connectivity index is 1.19. The quantitative estimate of drug-likeness (QED) is 0.193. The summed E-state index contributed by atoms with van der Waals surface area (Å²) in [5.41, 5.74) is 13.2. The molecule has 4 heteroatoms. The Morgan fingerprint density at radius 2 is 0.630 bits per heavy atom. The Hall–Kier alpha value is -5.87. The number of hydrogen-bond acceptors (Lipinski definition) is 3. The van der Waals surface area contributed by atoms with Crippen LogP contribution in [0.15, 0.2) is 127 Å². The first-order valence-corrected chi connectivity index (χ1v) is 15.6. The van der Waals surface area contributed by atoms with Crippen molar-refractivity contribution in [1.29, 1.82) is 0 Å². The van der Waals surface area contributed by atoms with Gasteiger partial charge in [0.1, 0.15) is 0 Å². The first-order valence-electron chi connectivity index (χ1n) is 15.6. The Labute approximate surface area is 266 Å². The third kappa shape index (κ3) is 3.83. The van der Waals surface area contributed by atoms with E-state index in [-0.39, 0.29) is 0 Å². The lowest BCUT2D eigenvalue weighted by Gasteiger charge is -2.23. The average Bonchev–Trinajstić information content (AvgIpc) is 3.79. The number of nitrogens with zero attached hydrogens (tertiary/aromatic N) is 1. The van der Waals surface area contributed by atoms with Crippen molar-refractivity contribution in [2.45, 2.75) is 19.3 Å². The Kier molecular flexibility index (Phi) is 5.81. The molecule has 0 unspecified atom stereocenters. The van der Waals surface area contributed by atoms with E-state index in [1.165, 1.54) is 0 Å². The molecule has 0 aliphatic heterocycles. The topological polar surface area (TPSA) is 54.5 Å². The van der Waals surface area contributed by atoms with E-state index in [2.05, 4.69) is 36.4 Å². The van der Waals surface area contributed by atoms with Crippen LogP contribution >= 0.6 is 0 Å². The van der Waals surface area contributed by atoms with Crippen LogP contribution in [0.2, 0.25) is 0 Å². The molecule has 3 aliphatic rings. The first kappa shape index (κ1) is 26.5. The monoisotopic (exact) mass is 593 g/mol. The average molecular weight is 594 g/mol. The second-order valence-electron chi connectivity index (χ2n) is 12.2. The summed E-state index contributed by atoms with van der Waals surface area (Å²) in [4.78, 5) is 45.3. The van der Waals surface area contributed by atoms with Gasteiger partial charge in [-0.15, -0.1) is 0 Å². The highest BCUT2D eigenvalue weighted by Gasteiger charge is 2.38. The lowest BCUT2D eigenvalue weighted by molar-refractivity contribution is 0.0537. The third-order valence-corrected chi connectivity index (χ3v) is 9.85. The molecule has 9 rings (SSSR count). The zero-order valence-corrected chi connectivity index (χ0v) is 24.9. The van der Waals surface area contributed by atoms with E-state index in [1.54, 1.807) is 18.2 Å². The molecule has 0 atom stereocenters. The molecule has 0 bridgehead atoms. The van der Waals surface area contributed by atoms with E-state index >= 15 is 0 Å². The summed E-state index contributed by atoms with van der Waals surface area (Å²) >= 11 is 0. The van der Waals surface area contributed by atoms with Crippen LogP contribution in [0.25, 0.3) is 33.4 Å². The van der Waals surface area contributed by atoms with Crippen LogP contribution in [-0.4, -0.2) is 22.6 Å². The summed E-state index contributed by atoms with van der Waals surface area (Å²) in [6.45, 7) is 0. The Morgan fingerprint density at radius 3 is 0.957 bits per heavy atom. The highest BCUT2D eigenvalue weighted by molar-refractivity contribution is 6.25. The Morgan fingerprint density at radius 1 is 0.348 bits per heavy atom. The number of rotatable bonds is 3. The highest BCUT2D eigenvalue weighted by Crippen LogP contribution is 2.42. The van der Waals surface area contributed by atoms with Gasteiger partial charge in [0, 0.05) is 16.7 Å². The summed E-state index contributed by atoms with van der Waals surface area (Å²) < 4.78 is 0. The molecule has 218 valence electrons. The highest BCUT2D eigenvalue weighted by atomic mass is 16.2. The van der Waals surface area contributed by atoms with Crippen LogP contribution in [0.1, 0.15) is 64.5 Å². The lowest BCUT2D eigenvalue weighted by Crippen LogP contribution is -2.43. The zero-order chi connectivity index (χ0) is 30.9. The summed E-state index contributed by atoms with van der Waals surface area (Å²) in [5, 5.41) is 0. The van der Waals surface area contributed by atoms with Gasteiger partial charge in [-0.1, -0.05) is 109 Å². The van der Waals surface area contributed by atoms with E-state index in [0.29, 0.717) is 36.0 Å². The molecule has 3 amide bonds.